The minimum Gasteiger partial charge on any atom is -0.431 e. The molecule has 0 aromatic carbocycles. The molecule has 0 N–H and O–H groups in total. The van der Waals surface area contributed by atoms with Crippen LogP contribution in [0.4, 0.5) is 0 Å². The fourth-order valence-electron chi connectivity index (χ4n) is 7.12. The van der Waals surface area contributed by atoms with Crippen molar-refractivity contribution >= 4 is 5.78 Å². The summed E-state index contributed by atoms with van der Waals surface area (Å²) in [5, 5.41) is 0. The van der Waals surface area contributed by atoms with Gasteiger partial charge in [0.1, 0.15) is 6.11 Å². The molecule has 0 radical (unpaired) electrons. The summed E-state index contributed by atoms with van der Waals surface area (Å²) < 4.78 is 5.85. The monoisotopic (exact) mass is 314 g/mol. The van der Waals surface area contributed by atoms with Gasteiger partial charge in [-0.1, -0.05) is 40.0 Å². The van der Waals surface area contributed by atoms with Crippen LogP contribution in [0.3, 0.4) is 0 Å². The molecule has 4 aliphatic carbocycles. The average Bonchev–Trinajstić information content (AvgIpc) is 3.04. The van der Waals surface area contributed by atoms with Gasteiger partial charge in [-0.25, -0.2) is 0 Å². The van der Waals surface area contributed by atoms with Gasteiger partial charge in [0, 0.05) is 0 Å². The topological polar surface area (TPSA) is 26.3 Å². The van der Waals surface area contributed by atoms with Crippen LogP contribution in [0.15, 0.2) is 0 Å². The van der Waals surface area contributed by atoms with Crippen LogP contribution in [0.1, 0.15) is 72.1 Å². The number of ketones is 1. The van der Waals surface area contributed by atoms with Crippen LogP contribution >= 0.6 is 0 Å². The fraction of sp³-hybridized carbons (Fsp3) is 0.857. The molecule has 4 rings (SSSR count). The zero-order chi connectivity index (χ0) is 16.5. The zero-order valence-electron chi connectivity index (χ0n) is 14.9. The Balaban J connectivity index is 1.85. The number of carbonyl (C=O) groups excluding carboxylic acids is 1. The van der Waals surface area contributed by atoms with Crippen molar-refractivity contribution in [3.8, 4) is 12.5 Å². The zero-order valence-corrected chi connectivity index (χ0v) is 14.9. The normalized spacial score (nSPS) is 54.8. The van der Waals surface area contributed by atoms with Crippen LogP contribution in [0, 0.1) is 47.0 Å². The van der Waals surface area contributed by atoms with Crippen molar-refractivity contribution in [1.29, 1.82) is 0 Å². The summed E-state index contributed by atoms with van der Waals surface area (Å²) in [4.78, 5) is 13.4. The van der Waals surface area contributed by atoms with E-state index < -0.39 is 5.60 Å². The van der Waals surface area contributed by atoms with Crippen LogP contribution in [-0.4, -0.2) is 11.4 Å². The second kappa shape index (κ2) is 4.78. The molecule has 7 unspecified atom stereocenters. The highest BCUT2D eigenvalue weighted by Crippen LogP contribution is 2.77. The molecule has 2 heteroatoms. The maximum atomic E-state index is 13.4. The number of ether oxygens (including phenoxy) is 1. The third kappa shape index (κ3) is 1.70. The molecule has 4 aliphatic rings. The minimum atomic E-state index is -0.638. The van der Waals surface area contributed by atoms with Crippen LogP contribution < -0.4 is 0 Å². The van der Waals surface area contributed by atoms with Crippen molar-refractivity contribution in [2.24, 2.45) is 34.5 Å². The summed E-state index contributed by atoms with van der Waals surface area (Å²) in [7, 11) is 0. The first-order valence-electron chi connectivity index (χ1n) is 9.61. The molecule has 0 bridgehead atoms. The van der Waals surface area contributed by atoms with Gasteiger partial charge in [0.2, 0.25) is 0 Å². The molecule has 0 aromatic heterocycles. The molecule has 126 valence electrons. The highest BCUT2D eigenvalue weighted by molar-refractivity contribution is 6.12. The Morgan fingerprint density at radius 1 is 1.17 bits per heavy atom. The van der Waals surface area contributed by atoms with Gasteiger partial charge < -0.3 is 4.74 Å². The first-order chi connectivity index (χ1) is 10.9. The quantitative estimate of drug-likeness (QED) is 0.663. The summed E-state index contributed by atoms with van der Waals surface area (Å²) in [5.41, 5.74) is -0.597. The van der Waals surface area contributed by atoms with Crippen LogP contribution in [0.2, 0.25) is 0 Å². The lowest BCUT2D eigenvalue weighted by Crippen LogP contribution is -2.51. The van der Waals surface area contributed by atoms with E-state index >= 15 is 0 Å². The van der Waals surface area contributed by atoms with E-state index in [1.165, 1.54) is 38.5 Å². The molecule has 0 saturated heterocycles. The van der Waals surface area contributed by atoms with Crippen molar-refractivity contribution in [3.63, 3.8) is 0 Å². The van der Waals surface area contributed by atoms with E-state index in [0.29, 0.717) is 29.0 Å². The van der Waals surface area contributed by atoms with Gasteiger partial charge in [-0.3, -0.25) is 4.79 Å². The van der Waals surface area contributed by atoms with Crippen molar-refractivity contribution in [3.05, 3.63) is 0 Å². The van der Waals surface area contributed by atoms with E-state index in [4.69, 9.17) is 11.2 Å². The lowest BCUT2D eigenvalue weighted by Gasteiger charge is -2.55. The van der Waals surface area contributed by atoms with E-state index in [1.807, 2.05) is 0 Å². The van der Waals surface area contributed by atoms with Crippen molar-refractivity contribution < 1.29 is 9.53 Å². The largest absolute Gasteiger partial charge is 0.431 e. The number of fused-ring (bicyclic) bond motifs is 1. The maximum Gasteiger partial charge on any atom is 0.192 e. The van der Waals surface area contributed by atoms with Gasteiger partial charge in [-0.2, -0.15) is 0 Å². The first kappa shape index (κ1) is 15.6. The molecule has 0 heterocycles. The van der Waals surface area contributed by atoms with Crippen LogP contribution in [0.25, 0.3) is 0 Å². The molecule has 1 spiro atoms. The molecule has 4 fully saturated rings. The molecule has 0 aliphatic heterocycles. The molecule has 4 saturated carbocycles. The fourth-order valence-corrected chi connectivity index (χ4v) is 7.12. The Morgan fingerprint density at radius 2 is 1.91 bits per heavy atom. The predicted octanol–water partition coefficient (Wildman–Crippen LogP) is 4.57. The van der Waals surface area contributed by atoms with E-state index in [1.54, 1.807) is 0 Å². The van der Waals surface area contributed by atoms with E-state index in [0.717, 1.165) is 18.8 Å². The Morgan fingerprint density at radius 3 is 2.65 bits per heavy atom. The number of terminal acetylenes is 1. The molecule has 7 atom stereocenters. The molecular formula is C21H30O2. The van der Waals surface area contributed by atoms with Crippen molar-refractivity contribution in [2.75, 3.05) is 0 Å². The predicted molar refractivity (Wildman–Crippen MR) is 90.4 cm³/mol. The lowest BCUT2D eigenvalue weighted by atomic mass is 9.48. The smallest absolute Gasteiger partial charge is 0.192 e. The van der Waals surface area contributed by atoms with E-state index in [9.17, 15) is 4.79 Å². The minimum absolute atomic E-state index is 0.267. The number of hydrogen-bond donors (Lipinski definition) is 0. The molecular weight excluding hydrogens is 284 g/mol. The highest BCUT2D eigenvalue weighted by atomic mass is 16.5. The Hall–Kier alpha value is -0.970. The third-order valence-corrected chi connectivity index (χ3v) is 8.31. The second-order valence-electron chi connectivity index (χ2n) is 9.35. The third-order valence-electron chi connectivity index (χ3n) is 8.31. The number of rotatable bonds is 1. The molecule has 0 aromatic rings. The first-order valence-corrected chi connectivity index (χ1v) is 9.61. The van der Waals surface area contributed by atoms with Gasteiger partial charge >= 0.3 is 0 Å². The molecule has 2 nitrogen and oxygen atoms in total. The van der Waals surface area contributed by atoms with Crippen LogP contribution in [0.5, 0.6) is 0 Å². The lowest BCUT2D eigenvalue weighted by molar-refractivity contribution is -0.125. The van der Waals surface area contributed by atoms with E-state index in [2.05, 4.69) is 26.9 Å². The van der Waals surface area contributed by atoms with Crippen molar-refractivity contribution in [2.45, 2.75) is 77.7 Å². The highest BCUT2D eigenvalue weighted by Gasteiger charge is 2.87. The van der Waals surface area contributed by atoms with Crippen molar-refractivity contribution in [1.82, 2.24) is 0 Å². The standard InChI is InChI=1S/C21H30O2/c1-5-23-20-10-6-7-15(3)16-9-12-19(4)11-8-14(2)13-17(19)21(16,20)18(20)22/h1,14-17H,6-13H2,2-4H3. The average molecular weight is 314 g/mol. The van der Waals surface area contributed by atoms with Gasteiger partial charge in [0.25, 0.3) is 0 Å². The molecule has 0 amide bonds. The Bertz CT molecular complexity index is 575. The summed E-state index contributed by atoms with van der Waals surface area (Å²) in [6.45, 7) is 7.16. The van der Waals surface area contributed by atoms with Gasteiger partial charge in [0.05, 0.1) is 5.41 Å². The summed E-state index contributed by atoms with van der Waals surface area (Å²) >= 11 is 0. The van der Waals surface area contributed by atoms with Crippen LogP contribution in [-0.2, 0) is 9.53 Å². The van der Waals surface area contributed by atoms with E-state index in [-0.39, 0.29) is 5.41 Å². The van der Waals surface area contributed by atoms with Gasteiger partial charge in [-0.05, 0) is 67.6 Å². The van der Waals surface area contributed by atoms with Gasteiger partial charge in [-0.15, -0.1) is 0 Å². The summed E-state index contributed by atoms with van der Waals surface area (Å²) in [5.74, 6) is 2.65. The second-order valence-corrected chi connectivity index (χ2v) is 9.35. The summed E-state index contributed by atoms with van der Waals surface area (Å²) in [6, 6.07) is 0. The Labute approximate surface area is 140 Å². The van der Waals surface area contributed by atoms with Gasteiger partial charge in [0.15, 0.2) is 11.4 Å². The number of carbonyl (C=O) groups is 1. The SMILES string of the molecule is C#COC12CCCC(C)C3CCC4(C)CCC(C)CC4C31C2=O. The molecule has 23 heavy (non-hydrogen) atoms. The maximum absolute atomic E-state index is 13.4. The number of hydrogen-bond acceptors (Lipinski definition) is 2. The number of Topliss-reactive ketones (excluding diaryl/α,β-unsaturated/α-hetero) is 1. The Kier molecular flexibility index (Phi) is 3.23. The summed E-state index contributed by atoms with van der Waals surface area (Å²) in [6.07, 6.45) is 17.3.